The monoisotopic (exact) mass is 359 g/mol. The van der Waals surface area contributed by atoms with Gasteiger partial charge in [0, 0.05) is 44.9 Å². The summed E-state index contributed by atoms with van der Waals surface area (Å²) in [6, 6.07) is 10.0. The van der Waals surface area contributed by atoms with E-state index in [1.165, 1.54) is 38.8 Å². The van der Waals surface area contributed by atoms with E-state index >= 15 is 0 Å². The molecule has 0 bridgehead atoms. The average Bonchev–Trinajstić information content (AvgIpc) is 2.89. The van der Waals surface area contributed by atoms with E-state index in [1.807, 2.05) is 47.2 Å². The maximum Gasteiger partial charge on any atom is 0.242 e. The molecular formula is C21H33N3O2. The quantitative estimate of drug-likeness (QED) is 0.845. The fraction of sp³-hybridized carbons (Fsp3) is 0.667. The molecule has 0 saturated carbocycles. The lowest BCUT2D eigenvalue weighted by Crippen LogP contribution is -2.38. The average molecular weight is 360 g/mol. The number of amides is 1. The van der Waals surface area contributed by atoms with E-state index in [4.69, 9.17) is 0 Å². The number of benzene rings is 1. The second-order valence-corrected chi connectivity index (χ2v) is 7.91. The molecule has 0 radical (unpaired) electrons. The van der Waals surface area contributed by atoms with E-state index in [1.54, 1.807) is 0 Å². The maximum absolute atomic E-state index is 12.8. The number of aliphatic hydroxyl groups is 1. The summed E-state index contributed by atoms with van der Waals surface area (Å²) < 4.78 is 0. The number of carbonyl (C=O) groups excluding carboxylic acids is 1. The first kappa shape index (κ1) is 19.2. The minimum atomic E-state index is 0.160. The summed E-state index contributed by atoms with van der Waals surface area (Å²) in [6.07, 6.45) is 5.23. The molecule has 2 saturated heterocycles. The Morgan fingerprint density at radius 2 is 1.73 bits per heavy atom. The number of rotatable bonds is 6. The normalized spacial score (nSPS) is 24.5. The molecule has 1 aromatic carbocycles. The molecule has 0 aromatic heterocycles. The van der Waals surface area contributed by atoms with Crippen molar-refractivity contribution in [2.75, 3.05) is 57.8 Å². The van der Waals surface area contributed by atoms with Gasteiger partial charge in [-0.25, -0.2) is 0 Å². The van der Waals surface area contributed by atoms with E-state index in [9.17, 15) is 9.90 Å². The fourth-order valence-corrected chi connectivity index (χ4v) is 4.28. The van der Waals surface area contributed by atoms with Gasteiger partial charge in [-0.2, -0.15) is 0 Å². The molecule has 2 aliphatic heterocycles. The molecule has 0 aliphatic carbocycles. The Labute approximate surface area is 157 Å². The van der Waals surface area contributed by atoms with E-state index in [0.717, 1.165) is 18.8 Å². The van der Waals surface area contributed by atoms with Crippen LogP contribution in [0.1, 0.15) is 25.7 Å². The first-order valence-corrected chi connectivity index (χ1v) is 10.0. The number of aliphatic hydroxyl groups excluding tert-OH is 1. The lowest BCUT2D eigenvalue weighted by atomic mass is 9.96. The summed E-state index contributed by atoms with van der Waals surface area (Å²) in [7, 11) is 1.96. The van der Waals surface area contributed by atoms with Crippen LogP contribution in [0.3, 0.4) is 0 Å². The molecule has 0 spiro atoms. The molecule has 2 aliphatic rings. The van der Waals surface area contributed by atoms with Gasteiger partial charge in [-0.05, 0) is 44.0 Å². The highest BCUT2D eigenvalue weighted by Crippen LogP contribution is 2.25. The summed E-state index contributed by atoms with van der Waals surface area (Å²) in [5, 5.41) is 9.81. The predicted octanol–water partition coefficient (Wildman–Crippen LogP) is 2.07. The van der Waals surface area contributed by atoms with Crippen LogP contribution in [0.5, 0.6) is 0 Å². The zero-order valence-corrected chi connectivity index (χ0v) is 16.0. The molecule has 26 heavy (non-hydrogen) atoms. The lowest BCUT2D eigenvalue weighted by molar-refractivity contribution is -0.128. The number of nitrogens with zero attached hydrogens (tertiary/aromatic N) is 3. The van der Waals surface area contributed by atoms with Crippen LogP contribution in [-0.2, 0) is 4.79 Å². The Morgan fingerprint density at radius 3 is 2.38 bits per heavy atom. The van der Waals surface area contributed by atoms with Crippen molar-refractivity contribution >= 4 is 11.6 Å². The maximum atomic E-state index is 12.8. The van der Waals surface area contributed by atoms with E-state index < -0.39 is 0 Å². The molecule has 1 N–H and O–H groups in total. The van der Waals surface area contributed by atoms with Gasteiger partial charge in [-0.3, -0.25) is 4.79 Å². The van der Waals surface area contributed by atoms with Crippen LogP contribution in [-0.4, -0.2) is 73.7 Å². The van der Waals surface area contributed by atoms with Crippen molar-refractivity contribution in [3.8, 4) is 0 Å². The molecule has 2 heterocycles. The molecule has 144 valence electrons. The molecule has 0 unspecified atom stereocenters. The van der Waals surface area contributed by atoms with Gasteiger partial charge < -0.3 is 19.8 Å². The van der Waals surface area contributed by atoms with E-state index in [0.29, 0.717) is 19.0 Å². The van der Waals surface area contributed by atoms with E-state index in [-0.39, 0.29) is 18.4 Å². The van der Waals surface area contributed by atoms with Gasteiger partial charge in [0.05, 0.1) is 6.54 Å². The molecule has 2 fully saturated rings. The van der Waals surface area contributed by atoms with Crippen LogP contribution in [0.15, 0.2) is 30.3 Å². The Kier molecular flexibility index (Phi) is 6.92. The van der Waals surface area contributed by atoms with Crippen molar-refractivity contribution in [3.05, 3.63) is 30.3 Å². The number of hydrogen-bond donors (Lipinski definition) is 1. The van der Waals surface area contributed by atoms with Crippen LogP contribution >= 0.6 is 0 Å². The van der Waals surface area contributed by atoms with Gasteiger partial charge in [-0.15, -0.1) is 0 Å². The van der Waals surface area contributed by atoms with Crippen LogP contribution in [0.2, 0.25) is 0 Å². The SMILES string of the molecule is CN(CC(=O)N1C[C@@H](CN2CCCCCC2)[C@@H](CO)C1)c1ccccc1. The van der Waals surface area contributed by atoms with Crippen molar-refractivity contribution in [1.29, 1.82) is 0 Å². The topological polar surface area (TPSA) is 47.0 Å². The van der Waals surface area contributed by atoms with Gasteiger partial charge in [0.15, 0.2) is 0 Å². The first-order chi connectivity index (χ1) is 12.7. The summed E-state index contributed by atoms with van der Waals surface area (Å²) in [5.41, 5.74) is 1.06. The Hall–Kier alpha value is -1.59. The number of para-hydroxylation sites is 1. The Bertz CT molecular complexity index is 558. The first-order valence-electron chi connectivity index (χ1n) is 10.0. The largest absolute Gasteiger partial charge is 0.396 e. The van der Waals surface area contributed by atoms with Gasteiger partial charge in [-0.1, -0.05) is 31.0 Å². The summed E-state index contributed by atoms with van der Waals surface area (Å²) in [6.45, 7) is 5.39. The minimum absolute atomic E-state index is 0.160. The summed E-state index contributed by atoms with van der Waals surface area (Å²) >= 11 is 0. The van der Waals surface area contributed by atoms with Crippen LogP contribution in [0.25, 0.3) is 0 Å². The summed E-state index contributed by atoms with van der Waals surface area (Å²) in [5.74, 6) is 0.765. The molecular weight excluding hydrogens is 326 g/mol. The molecule has 5 nitrogen and oxygen atoms in total. The number of likely N-dealkylation sites (N-methyl/N-ethyl adjacent to an activating group) is 1. The van der Waals surface area contributed by atoms with E-state index in [2.05, 4.69) is 4.90 Å². The molecule has 3 rings (SSSR count). The smallest absolute Gasteiger partial charge is 0.242 e. The highest BCUT2D eigenvalue weighted by atomic mass is 16.3. The fourth-order valence-electron chi connectivity index (χ4n) is 4.28. The molecule has 1 aromatic rings. The number of hydrogen-bond acceptors (Lipinski definition) is 4. The van der Waals surface area contributed by atoms with Crippen LogP contribution in [0, 0.1) is 11.8 Å². The molecule has 5 heteroatoms. The second-order valence-electron chi connectivity index (χ2n) is 7.91. The Morgan fingerprint density at radius 1 is 1.08 bits per heavy atom. The third-order valence-electron chi connectivity index (χ3n) is 5.92. The number of carbonyl (C=O) groups is 1. The predicted molar refractivity (Wildman–Crippen MR) is 105 cm³/mol. The van der Waals surface area contributed by atoms with Gasteiger partial charge in [0.25, 0.3) is 0 Å². The van der Waals surface area contributed by atoms with Crippen molar-refractivity contribution in [2.24, 2.45) is 11.8 Å². The molecule has 1 amide bonds. The lowest BCUT2D eigenvalue weighted by Gasteiger charge is -2.26. The number of anilines is 1. The second kappa shape index (κ2) is 9.38. The van der Waals surface area contributed by atoms with Gasteiger partial charge in [0.1, 0.15) is 0 Å². The zero-order chi connectivity index (χ0) is 18.4. The Balaban J connectivity index is 1.54. The van der Waals surface area contributed by atoms with Crippen molar-refractivity contribution < 1.29 is 9.90 Å². The molecule has 2 atom stereocenters. The highest BCUT2D eigenvalue weighted by Gasteiger charge is 2.35. The van der Waals surface area contributed by atoms with Gasteiger partial charge in [0.2, 0.25) is 5.91 Å². The van der Waals surface area contributed by atoms with Crippen LogP contribution < -0.4 is 4.90 Å². The standard InChI is InChI=1S/C21H33N3O2/c1-22(20-9-5-4-6-10-20)16-21(26)24-14-18(19(15-24)17-25)13-23-11-7-2-3-8-12-23/h4-6,9-10,18-19,25H,2-3,7-8,11-17H2,1H3/t18-,19-/m1/s1. The third-order valence-corrected chi connectivity index (χ3v) is 5.92. The third kappa shape index (κ3) is 4.98. The zero-order valence-electron chi connectivity index (χ0n) is 16.0. The number of likely N-dealkylation sites (tertiary alicyclic amines) is 2. The highest BCUT2D eigenvalue weighted by molar-refractivity contribution is 5.81. The van der Waals surface area contributed by atoms with Crippen LogP contribution in [0.4, 0.5) is 5.69 Å². The van der Waals surface area contributed by atoms with Crippen molar-refractivity contribution in [2.45, 2.75) is 25.7 Å². The van der Waals surface area contributed by atoms with Crippen molar-refractivity contribution in [3.63, 3.8) is 0 Å². The van der Waals surface area contributed by atoms with Gasteiger partial charge >= 0.3 is 0 Å². The minimum Gasteiger partial charge on any atom is -0.396 e. The van der Waals surface area contributed by atoms with Crippen molar-refractivity contribution in [1.82, 2.24) is 9.80 Å². The summed E-state index contributed by atoms with van der Waals surface area (Å²) in [4.78, 5) is 19.3.